The van der Waals surface area contributed by atoms with Crippen LogP contribution in [-0.4, -0.2) is 20.1 Å². The van der Waals surface area contributed by atoms with Crippen molar-refractivity contribution >= 4 is 48.9 Å². The molecule has 1 heterocycles. The van der Waals surface area contributed by atoms with Gasteiger partial charge in [0.25, 0.3) is 5.69 Å². The van der Waals surface area contributed by atoms with Crippen molar-refractivity contribution in [1.29, 1.82) is 0 Å². The largest absolute Gasteiger partial charge is 0.503 e. The Morgan fingerprint density at radius 2 is 1.79 bits per heavy atom. The number of hydrogen-bond acceptors (Lipinski definition) is 6. The van der Waals surface area contributed by atoms with Gasteiger partial charge in [-0.3, -0.25) is 10.1 Å². The molecule has 0 atom stereocenters. The van der Waals surface area contributed by atoms with Crippen LogP contribution in [-0.2, 0) is 0 Å². The Kier molecular flexibility index (Phi) is 4.57. The maximum atomic E-state index is 10.7. The highest BCUT2D eigenvalue weighted by molar-refractivity contribution is 9.11. The van der Waals surface area contributed by atoms with E-state index in [1.54, 1.807) is 24.4 Å². The number of thiazole rings is 1. The van der Waals surface area contributed by atoms with E-state index in [0.717, 1.165) is 10.4 Å². The lowest BCUT2D eigenvalue weighted by atomic mass is 10.2. The Balaban J connectivity index is 2.01. The van der Waals surface area contributed by atoms with Crippen LogP contribution >= 0.6 is 43.2 Å². The van der Waals surface area contributed by atoms with Crippen molar-refractivity contribution < 1.29 is 15.1 Å². The first-order valence-corrected chi connectivity index (χ1v) is 8.89. The summed E-state index contributed by atoms with van der Waals surface area (Å²) in [6.45, 7) is 0. The fourth-order valence-electron chi connectivity index (χ4n) is 2.04. The first-order valence-electron chi connectivity index (χ1n) is 6.49. The molecular formula is C15H8Br2N2O4S. The fourth-order valence-corrected chi connectivity index (χ4v) is 4.02. The van der Waals surface area contributed by atoms with Gasteiger partial charge >= 0.3 is 0 Å². The van der Waals surface area contributed by atoms with Gasteiger partial charge in [0.2, 0.25) is 0 Å². The molecule has 0 aliphatic heterocycles. The summed E-state index contributed by atoms with van der Waals surface area (Å²) in [5, 5.41) is 31.0. The lowest BCUT2D eigenvalue weighted by Crippen LogP contribution is -1.86. The maximum absolute atomic E-state index is 10.7. The van der Waals surface area contributed by atoms with Crippen molar-refractivity contribution in [2.45, 2.75) is 0 Å². The number of non-ortho nitro benzene ring substituents is 1. The Morgan fingerprint density at radius 1 is 1.12 bits per heavy atom. The first-order chi connectivity index (χ1) is 11.4. The molecule has 3 rings (SSSR count). The molecule has 24 heavy (non-hydrogen) atoms. The normalized spacial score (nSPS) is 10.8. The molecule has 0 bridgehead atoms. The van der Waals surface area contributed by atoms with Crippen LogP contribution < -0.4 is 0 Å². The summed E-state index contributed by atoms with van der Waals surface area (Å²) in [5.41, 5.74) is 1.46. The molecule has 0 spiro atoms. The fraction of sp³-hybridized carbons (Fsp3) is 0. The Hall–Kier alpha value is -1.97. The van der Waals surface area contributed by atoms with Crippen LogP contribution in [0.25, 0.3) is 21.0 Å². The number of phenols is 2. The average Bonchev–Trinajstić information content (AvgIpc) is 3.06. The number of rotatable bonds is 3. The maximum Gasteiger partial charge on any atom is 0.269 e. The summed E-state index contributed by atoms with van der Waals surface area (Å²) in [4.78, 5) is 15.4. The van der Waals surface area contributed by atoms with Gasteiger partial charge in [-0.1, -0.05) is 0 Å². The minimum absolute atomic E-state index is 0.0265. The molecule has 2 aromatic carbocycles. The molecule has 6 nitrogen and oxygen atoms in total. The van der Waals surface area contributed by atoms with E-state index >= 15 is 0 Å². The molecule has 0 radical (unpaired) electrons. The van der Waals surface area contributed by atoms with Crippen LogP contribution in [0.15, 0.2) is 45.5 Å². The highest BCUT2D eigenvalue weighted by Crippen LogP contribution is 2.46. The van der Waals surface area contributed by atoms with E-state index in [4.69, 9.17) is 0 Å². The van der Waals surface area contributed by atoms with Gasteiger partial charge < -0.3 is 10.2 Å². The van der Waals surface area contributed by atoms with Gasteiger partial charge in [-0.05, 0) is 55.6 Å². The smallest absolute Gasteiger partial charge is 0.269 e. The molecular weight excluding hydrogens is 464 g/mol. The minimum atomic E-state index is -0.449. The highest BCUT2D eigenvalue weighted by Gasteiger charge is 2.18. The third kappa shape index (κ3) is 3.02. The summed E-state index contributed by atoms with van der Waals surface area (Å²) < 4.78 is 0.693. The monoisotopic (exact) mass is 470 g/mol. The Labute approximate surface area is 156 Å². The molecule has 3 aromatic rings. The average molecular weight is 472 g/mol. The number of hydrogen-bond donors (Lipinski definition) is 2. The number of benzene rings is 2. The number of nitrogens with zero attached hydrogens (tertiary/aromatic N) is 2. The number of aromatic nitrogens is 1. The van der Waals surface area contributed by atoms with E-state index in [-0.39, 0.29) is 17.2 Å². The van der Waals surface area contributed by atoms with Crippen molar-refractivity contribution in [3.8, 4) is 32.5 Å². The molecule has 0 fully saturated rings. The zero-order valence-electron chi connectivity index (χ0n) is 11.7. The van der Waals surface area contributed by atoms with Crippen molar-refractivity contribution in [2.75, 3.05) is 0 Å². The standard InChI is InChI=1S/C15H8Br2N2O4S/c16-10-5-9(12(17)14(21)13(10)20)15-18-6-11(24-15)7-1-3-8(4-2-7)19(22)23/h1-6,20-21H. The van der Waals surface area contributed by atoms with E-state index in [9.17, 15) is 20.3 Å². The van der Waals surface area contributed by atoms with Crippen LogP contribution in [0.4, 0.5) is 5.69 Å². The number of nitro benzene ring substituents is 1. The SMILES string of the molecule is O=[N+]([O-])c1ccc(-c2cnc(-c3cc(Br)c(O)c(O)c3Br)s2)cc1. The van der Waals surface area contributed by atoms with E-state index in [1.165, 1.54) is 23.5 Å². The molecule has 0 saturated carbocycles. The lowest BCUT2D eigenvalue weighted by molar-refractivity contribution is -0.384. The van der Waals surface area contributed by atoms with Crippen LogP contribution in [0.3, 0.4) is 0 Å². The number of halogens is 2. The van der Waals surface area contributed by atoms with E-state index in [0.29, 0.717) is 19.5 Å². The lowest BCUT2D eigenvalue weighted by Gasteiger charge is -2.07. The third-order valence-electron chi connectivity index (χ3n) is 3.26. The zero-order valence-corrected chi connectivity index (χ0v) is 15.7. The number of aromatic hydroxyl groups is 2. The Bertz CT molecular complexity index is 941. The van der Waals surface area contributed by atoms with Gasteiger partial charge in [-0.25, -0.2) is 4.98 Å². The van der Waals surface area contributed by atoms with Crippen LogP contribution in [0.1, 0.15) is 0 Å². The second-order valence-corrected chi connectivity index (χ2v) is 7.43. The van der Waals surface area contributed by atoms with Crippen molar-refractivity contribution in [3.63, 3.8) is 0 Å². The highest BCUT2D eigenvalue weighted by atomic mass is 79.9. The molecule has 0 aliphatic rings. The van der Waals surface area contributed by atoms with Gasteiger partial charge in [0, 0.05) is 23.9 Å². The van der Waals surface area contributed by atoms with Crippen LogP contribution in [0.5, 0.6) is 11.5 Å². The predicted octanol–water partition coefficient (Wildman–Crippen LogP) is 5.32. The second-order valence-electron chi connectivity index (χ2n) is 4.75. The summed E-state index contributed by atoms with van der Waals surface area (Å²) in [6.07, 6.45) is 1.66. The van der Waals surface area contributed by atoms with Gasteiger partial charge in [0.05, 0.1) is 18.7 Å². The predicted molar refractivity (Wildman–Crippen MR) is 98.4 cm³/mol. The summed E-state index contributed by atoms with van der Waals surface area (Å²) >= 11 is 7.80. The molecule has 0 saturated heterocycles. The zero-order chi connectivity index (χ0) is 17.4. The van der Waals surface area contributed by atoms with Gasteiger partial charge in [0.1, 0.15) is 5.01 Å². The van der Waals surface area contributed by atoms with Crippen molar-refractivity contribution in [2.24, 2.45) is 0 Å². The molecule has 1 aromatic heterocycles. The topological polar surface area (TPSA) is 96.5 Å². The Morgan fingerprint density at radius 3 is 2.42 bits per heavy atom. The molecule has 0 unspecified atom stereocenters. The van der Waals surface area contributed by atoms with E-state index in [2.05, 4.69) is 36.8 Å². The first kappa shape index (κ1) is 16.9. The van der Waals surface area contributed by atoms with Gasteiger partial charge in [-0.15, -0.1) is 11.3 Å². The number of phenolic OH excluding ortho intramolecular Hbond substituents is 2. The molecule has 2 N–H and O–H groups in total. The molecule has 0 aliphatic carbocycles. The van der Waals surface area contributed by atoms with Crippen LogP contribution in [0.2, 0.25) is 0 Å². The number of nitro groups is 1. The summed E-state index contributed by atoms with van der Waals surface area (Å²) in [5.74, 6) is -0.524. The van der Waals surface area contributed by atoms with Crippen LogP contribution in [0, 0.1) is 10.1 Å². The molecule has 122 valence electrons. The van der Waals surface area contributed by atoms with Crippen molar-refractivity contribution in [1.82, 2.24) is 4.98 Å². The molecule has 0 amide bonds. The second kappa shape index (κ2) is 6.50. The van der Waals surface area contributed by atoms with Gasteiger partial charge in [-0.2, -0.15) is 0 Å². The summed E-state index contributed by atoms with van der Waals surface area (Å²) in [6, 6.07) is 7.85. The molecule has 9 heteroatoms. The summed E-state index contributed by atoms with van der Waals surface area (Å²) in [7, 11) is 0. The van der Waals surface area contributed by atoms with Gasteiger partial charge in [0.15, 0.2) is 11.5 Å². The van der Waals surface area contributed by atoms with E-state index < -0.39 is 4.92 Å². The third-order valence-corrected chi connectivity index (χ3v) is 5.75. The van der Waals surface area contributed by atoms with E-state index in [1.807, 2.05) is 0 Å². The van der Waals surface area contributed by atoms with Crippen molar-refractivity contribution in [3.05, 3.63) is 55.6 Å². The minimum Gasteiger partial charge on any atom is -0.503 e. The quantitative estimate of drug-likeness (QED) is 0.306.